The summed E-state index contributed by atoms with van der Waals surface area (Å²) in [5.41, 5.74) is 0.172. The first-order chi connectivity index (χ1) is 7.65. The molecule has 0 saturated carbocycles. The van der Waals surface area contributed by atoms with Gasteiger partial charge in [0.2, 0.25) is 0 Å². The van der Waals surface area contributed by atoms with E-state index in [0.717, 1.165) is 28.8 Å². The van der Waals surface area contributed by atoms with E-state index in [-0.39, 0.29) is 5.41 Å². The molecule has 0 atom stereocenters. The van der Waals surface area contributed by atoms with Crippen LogP contribution in [-0.4, -0.2) is 17.3 Å². The van der Waals surface area contributed by atoms with E-state index in [1.165, 1.54) is 0 Å². The quantitative estimate of drug-likeness (QED) is 0.804. The molecule has 2 nitrogen and oxygen atoms in total. The van der Waals surface area contributed by atoms with Crippen molar-refractivity contribution in [1.29, 1.82) is 0 Å². The van der Waals surface area contributed by atoms with Gasteiger partial charge in [-0.25, -0.2) is 0 Å². The molecule has 1 rings (SSSR count). The molecule has 0 amide bonds. The number of hydrogen-bond acceptors (Lipinski definition) is 3. The first kappa shape index (κ1) is 13.8. The van der Waals surface area contributed by atoms with Crippen LogP contribution in [0.3, 0.4) is 0 Å². The Labute approximate surface area is 111 Å². The van der Waals surface area contributed by atoms with Crippen LogP contribution in [0.1, 0.15) is 26.7 Å². The van der Waals surface area contributed by atoms with E-state index in [1.807, 2.05) is 6.07 Å². The van der Waals surface area contributed by atoms with Crippen molar-refractivity contribution in [3.8, 4) is 5.75 Å². The molecule has 0 radical (unpaired) electrons. The fraction of sp³-hybridized carbons (Fsp3) is 0.583. The van der Waals surface area contributed by atoms with Gasteiger partial charge in [-0.15, -0.1) is 0 Å². The van der Waals surface area contributed by atoms with Gasteiger partial charge in [0.25, 0.3) is 0 Å². The van der Waals surface area contributed by atoms with Gasteiger partial charge >= 0.3 is 0 Å². The average molecular weight is 304 g/mol. The van der Waals surface area contributed by atoms with Gasteiger partial charge < -0.3 is 4.74 Å². The zero-order valence-electron chi connectivity index (χ0n) is 9.74. The van der Waals surface area contributed by atoms with Gasteiger partial charge in [0, 0.05) is 16.1 Å². The standard InChI is InChI=1S/C12H18BrNOS/c1-3-12(4-2,9-16)8-15-11-5-10(13)6-14-7-11/h5-7,16H,3-4,8-9H2,1-2H3. The molecule has 90 valence electrons. The van der Waals surface area contributed by atoms with Crippen molar-refractivity contribution in [3.05, 3.63) is 22.9 Å². The van der Waals surface area contributed by atoms with Crippen LogP contribution in [0.5, 0.6) is 5.75 Å². The molecule has 0 unspecified atom stereocenters. The molecule has 0 aliphatic rings. The van der Waals surface area contributed by atoms with E-state index < -0.39 is 0 Å². The summed E-state index contributed by atoms with van der Waals surface area (Å²) in [6.07, 6.45) is 5.64. The van der Waals surface area contributed by atoms with Crippen LogP contribution in [0.4, 0.5) is 0 Å². The van der Waals surface area contributed by atoms with Crippen molar-refractivity contribution in [2.45, 2.75) is 26.7 Å². The van der Waals surface area contributed by atoms with Crippen molar-refractivity contribution >= 4 is 28.6 Å². The Hall–Kier alpha value is -0.220. The third kappa shape index (κ3) is 3.67. The van der Waals surface area contributed by atoms with Crippen molar-refractivity contribution in [2.24, 2.45) is 5.41 Å². The van der Waals surface area contributed by atoms with Crippen LogP contribution in [-0.2, 0) is 0 Å². The lowest BCUT2D eigenvalue weighted by Crippen LogP contribution is -2.29. The maximum atomic E-state index is 5.78. The zero-order valence-corrected chi connectivity index (χ0v) is 12.2. The van der Waals surface area contributed by atoms with Gasteiger partial charge in [0.05, 0.1) is 12.8 Å². The van der Waals surface area contributed by atoms with Crippen molar-refractivity contribution in [2.75, 3.05) is 12.4 Å². The number of rotatable bonds is 6. The lowest BCUT2D eigenvalue weighted by Gasteiger charge is -2.29. The Kier molecular flexibility index (Phi) is 5.62. The van der Waals surface area contributed by atoms with Crippen LogP contribution in [0.2, 0.25) is 0 Å². The van der Waals surface area contributed by atoms with E-state index in [0.29, 0.717) is 6.61 Å². The van der Waals surface area contributed by atoms with Gasteiger partial charge in [-0.3, -0.25) is 4.98 Å². The van der Waals surface area contributed by atoms with Gasteiger partial charge in [-0.1, -0.05) is 13.8 Å². The smallest absolute Gasteiger partial charge is 0.138 e. The maximum Gasteiger partial charge on any atom is 0.138 e. The minimum absolute atomic E-state index is 0.172. The summed E-state index contributed by atoms with van der Waals surface area (Å²) in [7, 11) is 0. The number of hydrogen-bond donors (Lipinski definition) is 1. The Morgan fingerprint density at radius 2 is 2.06 bits per heavy atom. The summed E-state index contributed by atoms with van der Waals surface area (Å²) in [5, 5.41) is 0. The normalized spacial score (nSPS) is 11.5. The van der Waals surface area contributed by atoms with Crippen molar-refractivity contribution in [1.82, 2.24) is 4.98 Å². The molecular formula is C12H18BrNOS. The average Bonchev–Trinajstić information content (AvgIpc) is 2.32. The number of nitrogens with zero attached hydrogens (tertiary/aromatic N) is 1. The summed E-state index contributed by atoms with van der Waals surface area (Å²) >= 11 is 7.80. The maximum absolute atomic E-state index is 5.78. The molecule has 0 aliphatic carbocycles. The molecule has 0 fully saturated rings. The van der Waals surface area contributed by atoms with Crippen LogP contribution in [0.25, 0.3) is 0 Å². The first-order valence-electron chi connectivity index (χ1n) is 5.50. The molecule has 1 aromatic rings. The highest BCUT2D eigenvalue weighted by molar-refractivity contribution is 9.10. The number of thiol groups is 1. The second-order valence-corrected chi connectivity index (χ2v) is 5.22. The number of halogens is 1. The molecule has 4 heteroatoms. The molecule has 0 aliphatic heterocycles. The predicted octanol–water partition coefficient (Wildman–Crippen LogP) is 3.96. The third-order valence-corrected chi connectivity index (χ3v) is 4.16. The SMILES string of the molecule is CCC(CC)(CS)COc1cncc(Br)c1. The zero-order chi connectivity index (χ0) is 12.0. The topological polar surface area (TPSA) is 22.1 Å². The van der Waals surface area contributed by atoms with Crippen LogP contribution >= 0.6 is 28.6 Å². The lowest BCUT2D eigenvalue weighted by atomic mass is 9.85. The molecule has 0 bridgehead atoms. The first-order valence-corrected chi connectivity index (χ1v) is 6.92. The predicted molar refractivity (Wildman–Crippen MR) is 74.3 cm³/mol. The molecule has 0 aromatic carbocycles. The number of aromatic nitrogens is 1. The molecule has 16 heavy (non-hydrogen) atoms. The number of ether oxygens (including phenoxy) is 1. The van der Waals surface area contributed by atoms with Gasteiger partial charge in [0.15, 0.2) is 0 Å². The highest BCUT2D eigenvalue weighted by atomic mass is 79.9. The fourth-order valence-electron chi connectivity index (χ4n) is 1.43. The van der Waals surface area contributed by atoms with Crippen LogP contribution in [0, 0.1) is 5.41 Å². The summed E-state index contributed by atoms with van der Waals surface area (Å²) in [5.74, 6) is 1.66. The minimum atomic E-state index is 0.172. The largest absolute Gasteiger partial charge is 0.491 e. The van der Waals surface area contributed by atoms with E-state index in [4.69, 9.17) is 4.74 Å². The molecular weight excluding hydrogens is 286 g/mol. The third-order valence-electron chi connectivity index (χ3n) is 3.06. The Bertz CT molecular complexity index is 320. The van der Waals surface area contributed by atoms with Gasteiger partial charge in [-0.05, 0) is 40.6 Å². The highest BCUT2D eigenvalue weighted by Gasteiger charge is 2.25. The van der Waals surface area contributed by atoms with E-state index in [9.17, 15) is 0 Å². The molecule has 1 aromatic heterocycles. The highest BCUT2D eigenvalue weighted by Crippen LogP contribution is 2.29. The van der Waals surface area contributed by atoms with Crippen LogP contribution < -0.4 is 4.74 Å². The Balaban J connectivity index is 2.62. The monoisotopic (exact) mass is 303 g/mol. The Morgan fingerprint density at radius 1 is 1.38 bits per heavy atom. The van der Waals surface area contributed by atoms with E-state index in [1.54, 1.807) is 12.4 Å². The van der Waals surface area contributed by atoms with Crippen molar-refractivity contribution in [3.63, 3.8) is 0 Å². The fourth-order valence-corrected chi connectivity index (χ4v) is 2.31. The minimum Gasteiger partial charge on any atom is -0.491 e. The Morgan fingerprint density at radius 3 is 2.56 bits per heavy atom. The lowest BCUT2D eigenvalue weighted by molar-refractivity contribution is 0.156. The second-order valence-electron chi connectivity index (χ2n) is 3.99. The van der Waals surface area contributed by atoms with E-state index in [2.05, 4.69) is 47.4 Å². The molecule has 1 heterocycles. The van der Waals surface area contributed by atoms with Gasteiger partial charge in [-0.2, -0.15) is 12.6 Å². The van der Waals surface area contributed by atoms with Gasteiger partial charge in [0.1, 0.15) is 5.75 Å². The summed E-state index contributed by atoms with van der Waals surface area (Å²) in [6, 6.07) is 1.93. The molecule has 0 spiro atoms. The van der Waals surface area contributed by atoms with E-state index >= 15 is 0 Å². The van der Waals surface area contributed by atoms with Crippen LogP contribution in [0.15, 0.2) is 22.9 Å². The summed E-state index contributed by atoms with van der Waals surface area (Å²) in [4.78, 5) is 4.07. The van der Waals surface area contributed by atoms with Crippen molar-refractivity contribution < 1.29 is 4.74 Å². The molecule has 0 N–H and O–H groups in total. The summed E-state index contributed by atoms with van der Waals surface area (Å²) in [6.45, 7) is 5.06. The summed E-state index contributed by atoms with van der Waals surface area (Å²) < 4.78 is 6.72. The second kappa shape index (κ2) is 6.50. The molecule has 0 saturated heterocycles. The number of pyridine rings is 1.